The van der Waals surface area contributed by atoms with Crippen molar-refractivity contribution in [2.75, 3.05) is 0 Å². The lowest BCUT2D eigenvalue weighted by atomic mass is 9.89. The summed E-state index contributed by atoms with van der Waals surface area (Å²) >= 11 is 0. The van der Waals surface area contributed by atoms with Crippen molar-refractivity contribution in [1.82, 2.24) is 9.13 Å². The lowest BCUT2D eigenvalue weighted by molar-refractivity contribution is 0.401. The Kier molecular flexibility index (Phi) is 3.71. The highest BCUT2D eigenvalue weighted by molar-refractivity contribution is 6.06. The van der Waals surface area contributed by atoms with Crippen molar-refractivity contribution in [2.24, 2.45) is 14.1 Å². The predicted octanol–water partition coefficient (Wildman–Crippen LogP) is 5.72. The van der Waals surface area contributed by atoms with Gasteiger partial charge in [-0.05, 0) is 36.2 Å². The van der Waals surface area contributed by atoms with Crippen molar-refractivity contribution >= 4 is 21.8 Å². The SMILES string of the molecule is Cc1c(O)c(O)cc(-c2cn(C)c3ccccc23)c1-c1cn(C)c2ccccc12. The second-order valence-corrected chi connectivity index (χ2v) is 7.63. The number of aromatic nitrogens is 2. The van der Waals surface area contributed by atoms with Crippen LogP contribution in [0.5, 0.6) is 11.5 Å². The van der Waals surface area contributed by atoms with E-state index in [-0.39, 0.29) is 11.5 Å². The summed E-state index contributed by atoms with van der Waals surface area (Å²) in [4.78, 5) is 0. The molecule has 4 nitrogen and oxygen atoms in total. The molecular weight excluding hydrogens is 360 g/mol. The molecule has 5 aromatic rings. The third-order valence-electron chi connectivity index (χ3n) is 5.88. The van der Waals surface area contributed by atoms with E-state index < -0.39 is 0 Å². The molecule has 2 heterocycles. The molecule has 0 spiro atoms. The van der Waals surface area contributed by atoms with Crippen LogP contribution in [0.15, 0.2) is 67.0 Å². The maximum Gasteiger partial charge on any atom is 0.161 e. The number of benzene rings is 3. The Morgan fingerprint density at radius 3 is 1.83 bits per heavy atom. The minimum Gasteiger partial charge on any atom is -0.504 e. The minimum absolute atomic E-state index is 0.0723. The number of aryl methyl sites for hydroxylation is 2. The average molecular weight is 382 g/mol. The van der Waals surface area contributed by atoms with E-state index in [0.29, 0.717) is 5.56 Å². The van der Waals surface area contributed by atoms with Gasteiger partial charge in [-0.15, -0.1) is 0 Å². The number of hydrogen-bond acceptors (Lipinski definition) is 2. The molecule has 0 amide bonds. The molecule has 29 heavy (non-hydrogen) atoms. The van der Waals surface area contributed by atoms with Crippen molar-refractivity contribution in [2.45, 2.75) is 6.92 Å². The molecular formula is C25H22N2O2. The number of hydrogen-bond donors (Lipinski definition) is 2. The molecule has 3 aromatic carbocycles. The van der Waals surface area contributed by atoms with Gasteiger partial charge in [-0.3, -0.25) is 0 Å². The van der Waals surface area contributed by atoms with E-state index in [4.69, 9.17) is 0 Å². The normalized spacial score (nSPS) is 11.6. The highest BCUT2D eigenvalue weighted by atomic mass is 16.3. The van der Waals surface area contributed by atoms with Crippen LogP contribution < -0.4 is 0 Å². The van der Waals surface area contributed by atoms with Crippen LogP contribution in [0, 0.1) is 6.92 Å². The van der Waals surface area contributed by atoms with Gasteiger partial charge in [-0.25, -0.2) is 0 Å². The summed E-state index contributed by atoms with van der Waals surface area (Å²) in [5.74, 6) is -0.175. The van der Waals surface area contributed by atoms with Crippen LogP contribution in [0.2, 0.25) is 0 Å². The Morgan fingerprint density at radius 2 is 1.21 bits per heavy atom. The average Bonchev–Trinajstić information content (AvgIpc) is 3.24. The molecule has 0 fully saturated rings. The van der Waals surface area contributed by atoms with E-state index >= 15 is 0 Å². The zero-order valence-electron chi connectivity index (χ0n) is 16.6. The summed E-state index contributed by atoms with van der Waals surface area (Å²) in [6.45, 7) is 1.86. The van der Waals surface area contributed by atoms with E-state index in [2.05, 4.69) is 45.8 Å². The van der Waals surface area contributed by atoms with Crippen LogP contribution in [-0.2, 0) is 14.1 Å². The maximum atomic E-state index is 10.6. The number of para-hydroxylation sites is 2. The lowest BCUT2D eigenvalue weighted by Crippen LogP contribution is -1.90. The highest BCUT2D eigenvalue weighted by Gasteiger charge is 2.22. The van der Waals surface area contributed by atoms with Crippen LogP contribution in [0.25, 0.3) is 44.1 Å². The molecule has 0 saturated heterocycles. The Bertz CT molecular complexity index is 1410. The molecule has 0 aliphatic heterocycles. The van der Waals surface area contributed by atoms with Crippen molar-refractivity contribution in [3.8, 4) is 33.8 Å². The minimum atomic E-state index is -0.102. The zero-order valence-corrected chi connectivity index (χ0v) is 16.6. The Morgan fingerprint density at radius 1 is 0.690 bits per heavy atom. The standard InChI is InChI=1S/C25H22N2O2/c1-15-24(20-14-27(3)22-11-7-5-9-17(20)22)18(12-23(28)25(15)29)19-13-26(2)21-10-6-4-8-16(19)21/h4-14,28-29H,1-3H3. The first-order chi connectivity index (χ1) is 14.0. The summed E-state index contributed by atoms with van der Waals surface area (Å²) in [6.07, 6.45) is 4.18. The zero-order chi connectivity index (χ0) is 20.3. The number of phenolic OH excluding ortho intramolecular Hbond substituents is 2. The highest BCUT2D eigenvalue weighted by Crippen LogP contribution is 2.47. The predicted molar refractivity (Wildman–Crippen MR) is 118 cm³/mol. The van der Waals surface area contributed by atoms with Gasteiger partial charge in [0.15, 0.2) is 11.5 Å². The Hall–Kier alpha value is -3.66. The van der Waals surface area contributed by atoms with Crippen LogP contribution in [0.3, 0.4) is 0 Å². The smallest absolute Gasteiger partial charge is 0.161 e. The van der Waals surface area contributed by atoms with Crippen molar-refractivity contribution < 1.29 is 10.2 Å². The first-order valence-corrected chi connectivity index (χ1v) is 9.61. The first-order valence-electron chi connectivity index (χ1n) is 9.61. The van der Waals surface area contributed by atoms with E-state index in [1.165, 1.54) is 0 Å². The second kappa shape index (κ2) is 6.17. The van der Waals surface area contributed by atoms with Gasteiger partial charge in [0, 0.05) is 65.0 Å². The number of aromatic hydroxyl groups is 2. The van der Waals surface area contributed by atoms with Crippen LogP contribution in [0.4, 0.5) is 0 Å². The van der Waals surface area contributed by atoms with E-state index in [9.17, 15) is 10.2 Å². The Labute approximate surface area is 168 Å². The third kappa shape index (κ3) is 2.46. The number of fused-ring (bicyclic) bond motifs is 2. The fourth-order valence-corrected chi connectivity index (χ4v) is 4.45. The fraction of sp³-hybridized carbons (Fsp3) is 0.120. The molecule has 0 radical (unpaired) electrons. The monoisotopic (exact) mass is 382 g/mol. The number of nitrogens with zero attached hydrogens (tertiary/aromatic N) is 2. The van der Waals surface area contributed by atoms with E-state index in [1.807, 2.05) is 45.3 Å². The summed E-state index contributed by atoms with van der Waals surface area (Å²) in [5.41, 5.74) is 6.84. The second-order valence-electron chi connectivity index (χ2n) is 7.63. The third-order valence-corrected chi connectivity index (χ3v) is 5.88. The first kappa shape index (κ1) is 17.4. The van der Waals surface area contributed by atoms with Gasteiger partial charge in [0.25, 0.3) is 0 Å². The van der Waals surface area contributed by atoms with Crippen LogP contribution in [-0.4, -0.2) is 19.3 Å². The molecule has 0 aliphatic carbocycles. The number of phenols is 2. The molecule has 0 aliphatic rings. The lowest BCUT2D eigenvalue weighted by Gasteiger charge is -2.15. The van der Waals surface area contributed by atoms with Gasteiger partial charge in [0.05, 0.1) is 0 Å². The van der Waals surface area contributed by atoms with Gasteiger partial charge >= 0.3 is 0 Å². The summed E-state index contributed by atoms with van der Waals surface area (Å²) in [6, 6.07) is 18.2. The molecule has 0 bridgehead atoms. The molecule has 0 atom stereocenters. The van der Waals surface area contributed by atoms with Gasteiger partial charge in [-0.1, -0.05) is 36.4 Å². The molecule has 0 saturated carbocycles. The van der Waals surface area contributed by atoms with Gasteiger partial charge in [0.1, 0.15) is 0 Å². The summed E-state index contributed by atoms with van der Waals surface area (Å²) in [7, 11) is 4.05. The Balaban J connectivity index is 1.93. The van der Waals surface area contributed by atoms with Gasteiger partial charge in [-0.2, -0.15) is 0 Å². The molecule has 4 heteroatoms. The fourth-order valence-electron chi connectivity index (χ4n) is 4.45. The molecule has 144 valence electrons. The number of rotatable bonds is 2. The molecule has 2 N–H and O–H groups in total. The topological polar surface area (TPSA) is 50.3 Å². The molecule has 2 aromatic heterocycles. The molecule has 5 rings (SSSR count). The molecule has 0 unspecified atom stereocenters. The maximum absolute atomic E-state index is 10.6. The van der Waals surface area contributed by atoms with Gasteiger partial charge in [0.2, 0.25) is 0 Å². The van der Waals surface area contributed by atoms with Crippen molar-refractivity contribution in [3.63, 3.8) is 0 Å². The van der Waals surface area contributed by atoms with Crippen molar-refractivity contribution in [1.29, 1.82) is 0 Å². The summed E-state index contributed by atoms with van der Waals surface area (Å²) in [5, 5.41) is 23.2. The quantitative estimate of drug-likeness (QED) is 0.383. The van der Waals surface area contributed by atoms with E-state index in [0.717, 1.165) is 44.1 Å². The largest absolute Gasteiger partial charge is 0.504 e. The summed E-state index contributed by atoms with van der Waals surface area (Å²) < 4.78 is 4.19. The van der Waals surface area contributed by atoms with Crippen LogP contribution >= 0.6 is 0 Å². The van der Waals surface area contributed by atoms with E-state index in [1.54, 1.807) is 6.07 Å². The van der Waals surface area contributed by atoms with Crippen LogP contribution in [0.1, 0.15) is 5.56 Å². The van der Waals surface area contributed by atoms with Crippen molar-refractivity contribution in [3.05, 3.63) is 72.6 Å². The van der Waals surface area contributed by atoms with Gasteiger partial charge < -0.3 is 19.3 Å².